The van der Waals surface area contributed by atoms with Crippen molar-refractivity contribution in [3.05, 3.63) is 69.1 Å². The molecule has 1 aromatic heterocycles. The van der Waals surface area contributed by atoms with Crippen LogP contribution in [0.5, 0.6) is 0 Å². The lowest BCUT2D eigenvalue weighted by molar-refractivity contribution is 0.813. The molecule has 2 aromatic carbocycles. The fourth-order valence-electron chi connectivity index (χ4n) is 2.14. The monoisotopic (exact) mass is 332 g/mol. The fourth-order valence-corrected chi connectivity index (χ4v) is 3.59. The smallest absolute Gasteiger partial charge is 0.163 e. The number of anilines is 1. The molecule has 0 saturated heterocycles. The van der Waals surface area contributed by atoms with Crippen LogP contribution in [-0.2, 0) is 6.54 Å². The lowest BCUT2D eigenvalue weighted by atomic mass is 10.2. The summed E-state index contributed by atoms with van der Waals surface area (Å²) in [5.41, 5.74) is 8.52. The molecular weight excluding hydrogens is 320 g/mol. The highest BCUT2D eigenvalue weighted by Gasteiger charge is 2.12. The van der Waals surface area contributed by atoms with Crippen LogP contribution in [0.15, 0.2) is 54.6 Å². The van der Waals surface area contributed by atoms with Gasteiger partial charge in [0.15, 0.2) is 3.95 Å². The number of aromatic nitrogens is 1. The Morgan fingerprint density at radius 1 is 1.05 bits per heavy atom. The Morgan fingerprint density at radius 2 is 1.71 bits per heavy atom. The van der Waals surface area contributed by atoms with E-state index in [9.17, 15) is 0 Å². The van der Waals surface area contributed by atoms with Crippen molar-refractivity contribution in [3.63, 3.8) is 0 Å². The molecule has 106 valence electrons. The van der Waals surface area contributed by atoms with Crippen LogP contribution < -0.4 is 5.73 Å². The van der Waals surface area contributed by atoms with Crippen LogP contribution >= 0.6 is 35.2 Å². The van der Waals surface area contributed by atoms with Crippen molar-refractivity contribution in [3.8, 4) is 10.4 Å². The Morgan fingerprint density at radius 3 is 2.38 bits per heavy atom. The van der Waals surface area contributed by atoms with E-state index in [4.69, 9.17) is 29.6 Å². The van der Waals surface area contributed by atoms with Gasteiger partial charge < -0.3 is 10.3 Å². The summed E-state index contributed by atoms with van der Waals surface area (Å²) in [5.74, 6) is 0.705. The van der Waals surface area contributed by atoms with Crippen molar-refractivity contribution in [2.24, 2.45) is 0 Å². The molecule has 0 saturated carbocycles. The first-order chi connectivity index (χ1) is 10.1. The summed E-state index contributed by atoms with van der Waals surface area (Å²) in [5, 5.41) is 0.713. The predicted molar refractivity (Wildman–Crippen MR) is 93.5 cm³/mol. The minimum atomic E-state index is 0.690. The van der Waals surface area contributed by atoms with Crippen LogP contribution in [0.4, 0.5) is 5.82 Å². The van der Waals surface area contributed by atoms with E-state index in [2.05, 4.69) is 12.1 Å². The number of nitrogens with two attached hydrogens (primary N) is 1. The minimum Gasteiger partial charge on any atom is -0.384 e. The van der Waals surface area contributed by atoms with Crippen molar-refractivity contribution >= 4 is 41.0 Å². The lowest BCUT2D eigenvalue weighted by Gasteiger charge is -2.07. The zero-order chi connectivity index (χ0) is 14.8. The van der Waals surface area contributed by atoms with E-state index in [1.54, 1.807) is 0 Å². The summed E-state index contributed by atoms with van der Waals surface area (Å²) < 4.78 is 2.75. The fraction of sp³-hybridized carbons (Fsp3) is 0.0625. The third kappa shape index (κ3) is 3.02. The maximum atomic E-state index is 6.30. The summed E-state index contributed by atoms with van der Waals surface area (Å²) in [6.45, 7) is 0.690. The van der Waals surface area contributed by atoms with Crippen molar-refractivity contribution in [2.45, 2.75) is 6.54 Å². The van der Waals surface area contributed by atoms with Gasteiger partial charge in [-0.1, -0.05) is 54.1 Å². The molecule has 0 atom stereocenters. The number of benzene rings is 2. The first-order valence-electron chi connectivity index (χ1n) is 6.44. The van der Waals surface area contributed by atoms with Gasteiger partial charge in [-0.25, -0.2) is 0 Å². The van der Waals surface area contributed by atoms with E-state index in [0.29, 0.717) is 17.4 Å². The highest BCUT2D eigenvalue weighted by Crippen LogP contribution is 2.34. The second kappa shape index (κ2) is 6.02. The van der Waals surface area contributed by atoms with E-state index in [-0.39, 0.29) is 0 Å². The second-order valence-corrected chi connectivity index (χ2v) is 6.74. The van der Waals surface area contributed by atoms with E-state index >= 15 is 0 Å². The molecule has 5 heteroatoms. The maximum Gasteiger partial charge on any atom is 0.163 e. The molecule has 0 radical (unpaired) electrons. The zero-order valence-electron chi connectivity index (χ0n) is 11.1. The van der Waals surface area contributed by atoms with Crippen molar-refractivity contribution < 1.29 is 0 Å². The number of thiazole rings is 1. The third-order valence-electron chi connectivity index (χ3n) is 3.22. The summed E-state index contributed by atoms with van der Waals surface area (Å²) in [4.78, 5) is 0.993. The topological polar surface area (TPSA) is 30.9 Å². The number of rotatable bonds is 3. The summed E-state index contributed by atoms with van der Waals surface area (Å²) >= 11 is 12.9. The maximum absolute atomic E-state index is 6.30. The lowest BCUT2D eigenvalue weighted by Crippen LogP contribution is -2.04. The Bertz CT molecular complexity index is 805. The highest BCUT2D eigenvalue weighted by molar-refractivity contribution is 7.73. The van der Waals surface area contributed by atoms with Crippen LogP contribution in [0.25, 0.3) is 10.4 Å². The molecule has 0 amide bonds. The van der Waals surface area contributed by atoms with Gasteiger partial charge in [0.25, 0.3) is 0 Å². The molecule has 0 aliphatic rings. The minimum absolute atomic E-state index is 0.690. The number of hydrogen-bond acceptors (Lipinski definition) is 3. The summed E-state index contributed by atoms with van der Waals surface area (Å²) in [7, 11) is 0. The van der Waals surface area contributed by atoms with Gasteiger partial charge in [-0.15, -0.1) is 11.3 Å². The largest absolute Gasteiger partial charge is 0.384 e. The van der Waals surface area contributed by atoms with Gasteiger partial charge in [0.2, 0.25) is 0 Å². The number of halogens is 1. The Kier molecular flexibility index (Phi) is 4.10. The molecule has 0 unspecified atom stereocenters. The van der Waals surface area contributed by atoms with Crippen LogP contribution in [0.2, 0.25) is 5.02 Å². The molecule has 3 rings (SSSR count). The van der Waals surface area contributed by atoms with Crippen molar-refractivity contribution in [1.82, 2.24) is 4.57 Å². The van der Waals surface area contributed by atoms with E-state index in [0.717, 1.165) is 14.4 Å². The Hall–Kier alpha value is -1.62. The van der Waals surface area contributed by atoms with Gasteiger partial charge in [-0.3, -0.25) is 0 Å². The van der Waals surface area contributed by atoms with Crippen molar-refractivity contribution in [2.75, 3.05) is 5.73 Å². The quantitative estimate of drug-likeness (QED) is 0.666. The van der Waals surface area contributed by atoms with Gasteiger partial charge in [0, 0.05) is 5.02 Å². The molecule has 0 aliphatic carbocycles. The molecule has 2 N–H and O–H groups in total. The van der Waals surface area contributed by atoms with Gasteiger partial charge >= 0.3 is 0 Å². The third-order valence-corrected chi connectivity index (χ3v) is 4.99. The zero-order valence-corrected chi connectivity index (χ0v) is 13.5. The second-order valence-electron chi connectivity index (χ2n) is 4.66. The molecule has 21 heavy (non-hydrogen) atoms. The van der Waals surface area contributed by atoms with E-state index in [1.165, 1.54) is 16.9 Å². The first-order valence-corrected chi connectivity index (χ1v) is 8.04. The summed E-state index contributed by atoms with van der Waals surface area (Å²) in [6, 6.07) is 17.8. The Balaban J connectivity index is 2.01. The molecule has 0 bridgehead atoms. The normalized spacial score (nSPS) is 10.7. The standard InChI is InChI=1S/C16H13ClN2S2/c17-13-8-6-12(7-9-13)14-15(18)19(16(20)21-14)10-11-4-2-1-3-5-11/h1-9H,10,18H2. The number of hydrogen-bond donors (Lipinski definition) is 1. The molecule has 0 fully saturated rings. The van der Waals surface area contributed by atoms with Crippen LogP contribution in [0.1, 0.15) is 5.56 Å². The van der Waals surface area contributed by atoms with Gasteiger partial charge in [0.05, 0.1) is 11.4 Å². The average Bonchev–Trinajstić information content (AvgIpc) is 2.77. The molecule has 3 aromatic rings. The van der Waals surface area contributed by atoms with Crippen LogP contribution in [0, 0.1) is 3.95 Å². The van der Waals surface area contributed by atoms with Gasteiger partial charge in [0.1, 0.15) is 5.82 Å². The van der Waals surface area contributed by atoms with Crippen molar-refractivity contribution in [1.29, 1.82) is 0 Å². The highest BCUT2D eigenvalue weighted by atomic mass is 35.5. The first kappa shape index (κ1) is 14.3. The number of nitrogens with zero attached hydrogens (tertiary/aromatic N) is 1. The van der Waals surface area contributed by atoms with Gasteiger partial charge in [-0.2, -0.15) is 0 Å². The average molecular weight is 333 g/mol. The molecule has 2 nitrogen and oxygen atoms in total. The molecule has 1 heterocycles. The number of nitrogen functional groups attached to an aromatic ring is 1. The van der Waals surface area contributed by atoms with Crippen LogP contribution in [-0.4, -0.2) is 4.57 Å². The summed E-state index contributed by atoms with van der Waals surface area (Å²) in [6.07, 6.45) is 0. The SMILES string of the molecule is Nc1c(-c2ccc(Cl)cc2)sc(=S)n1Cc1ccccc1. The van der Waals surface area contributed by atoms with E-state index < -0.39 is 0 Å². The van der Waals surface area contributed by atoms with Gasteiger partial charge in [-0.05, 0) is 35.5 Å². The Labute approximate surface area is 137 Å². The molecule has 0 aliphatic heterocycles. The molecular formula is C16H13ClN2S2. The van der Waals surface area contributed by atoms with Crippen LogP contribution in [0.3, 0.4) is 0 Å². The molecule has 0 spiro atoms. The van der Waals surface area contributed by atoms with E-state index in [1.807, 2.05) is 47.0 Å². The predicted octanol–water partition coefficient (Wildman–Crippen LogP) is 5.23.